The molecule has 0 spiro atoms. The Morgan fingerprint density at radius 3 is 2.71 bits per heavy atom. The zero-order valence-corrected chi connectivity index (χ0v) is 18.0. The molecule has 2 fully saturated rings. The maximum absolute atomic E-state index is 14.5. The second-order valence-corrected chi connectivity index (χ2v) is 8.48. The van der Waals surface area contributed by atoms with Gasteiger partial charge in [0.05, 0.1) is 16.5 Å². The Morgan fingerprint density at radius 1 is 1.26 bits per heavy atom. The second kappa shape index (κ2) is 7.64. The minimum atomic E-state index is -0.571. The van der Waals surface area contributed by atoms with E-state index < -0.39 is 5.82 Å². The summed E-state index contributed by atoms with van der Waals surface area (Å²) < 4.78 is 14.5. The molecular weight excluding hydrogens is 419 g/mol. The Morgan fingerprint density at radius 2 is 2.03 bits per heavy atom. The van der Waals surface area contributed by atoms with Gasteiger partial charge in [0.2, 0.25) is 5.91 Å². The molecule has 3 N–H and O–H groups in total. The smallest absolute Gasteiger partial charge is 0.223 e. The van der Waals surface area contributed by atoms with Crippen molar-refractivity contribution in [1.82, 2.24) is 9.97 Å². The lowest BCUT2D eigenvalue weighted by molar-refractivity contribution is -0.124. The number of fused-ring (bicyclic) bond motifs is 1. The highest BCUT2D eigenvalue weighted by molar-refractivity contribution is 5.92. The van der Waals surface area contributed by atoms with Gasteiger partial charge in [-0.05, 0) is 61.9 Å². The first-order chi connectivity index (χ1) is 14.4. The van der Waals surface area contributed by atoms with Gasteiger partial charge in [0.15, 0.2) is 5.82 Å². The van der Waals surface area contributed by atoms with E-state index in [9.17, 15) is 14.3 Å². The van der Waals surface area contributed by atoms with Crippen LogP contribution >= 0.6 is 12.4 Å². The highest BCUT2D eigenvalue weighted by Gasteiger charge is 2.55. The van der Waals surface area contributed by atoms with Crippen molar-refractivity contribution in [1.29, 1.82) is 0 Å². The average molecular weight is 443 g/mol. The van der Waals surface area contributed by atoms with E-state index in [-0.39, 0.29) is 46.8 Å². The van der Waals surface area contributed by atoms with Crippen molar-refractivity contribution in [3.63, 3.8) is 0 Å². The summed E-state index contributed by atoms with van der Waals surface area (Å²) in [5, 5.41) is 11.1. The Kier molecular flexibility index (Phi) is 5.25. The minimum absolute atomic E-state index is 0. The van der Waals surface area contributed by atoms with Crippen molar-refractivity contribution < 1.29 is 14.3 Å². The van der Waals surface area contributed by atoms with E-state index in [1.54, 1.807) is 0 Å². The number of aromatic hydroxyl groups is 1. The summed E-state index contributed by atoms with van der Waals surface area (Å²) in [6, 6.07) is 10.1. The first kappa shape index (κ1) is 21.3. The standard InChI is InChI=1S/C23H23FN4O2.ClH/c1-13-5-6-15-17(11-13)26-20(19-16(24)3-2-4-18(19)29)27-21(15)28-10-7-14(12-28)23(8-9-23)22(25)30;/h2-6,11,14,29H,7-10,12H2,1H3,(H2,25,30);1H/t14-;/m0./s1. The van der Waals surface area contributed by atoms with E-state index in [4.69, 9.17) is 5.73 Å². The quantitative estimate of drug-likeness (QED) is 0.638. The highest BCUT2D eigenvalue weighted by Crippen LogP contribution is 2.55. The number of phenolic OH excluding ortho intramolecular Hbond substituents is 1. The molecule has 2 heterocycles. The van der Waals surface area contributed by atoms with E-state index in [1.807, 2.05) is 25.1 Å². The molecule has 1 saturated carbocycles. The Hall–Kier alpha value is -2.93. The van der Waals surface area contributed by atoms with Gasteiger partial charge in [-0.3, -0.25) is 4.79 Å². The van der Waals surface area contributed by atoms with Gasteiger partial charge in [-0.25, -0.2) is 14.4 Å². The molecule has 8 heteroatoms. The molecular formula is C23H24ClFN4O2. The fourth-order valence-corrected chi connectivity index (χ4v) is 4.70. The zero-order valence-electron chi connectivity index (χ0n) is 17.1. The predicted molar refractivity (Wildman–Crippen MR) is 120 cm³/mol. The number of aryl methyl sites for hydroxylation is 1. The summed E-state index contributed by atoms with van der Waals surface area (Å²) in [5.41, 5.74) is 7.01. The molecule has 6 nitrogen and oxygen atoms in total. The number of hydrogen-bond donors (Lipinski definition) is 2. The van der Waals surface area contributed by atoms with Crippen LogP contribution in [0.1, 0.15) is 24.8 Å². The molecule has 162 valence electrons. The molecule has 0 radical (unpaired) electrons. The van der Waals surface area contributed by atoms with Gasteiger partial charge in [-0.1, -0.05) is 12.1 Å². The number of carbonyl (C=O) groups excluding carboxylic acids is 1. The van der Waals surface area contributed by atoms with Crippen LogP contribution in [0.15, 0.2) is 36.4 Å². The van der Waals surface area contributed by atoms with Crippen molar-refractivity contribution in [2.24, 2.45) is 17.1 Å². The van der Waals surface area contributed by atoms with Crippen LogP contribution in [0.4, 0.5) is 10.2 Å². The van der Waals surface area contributed by atoms with Crippen molar-refractivity contribution in [2.45, 2.75) is 26.2 Å². The molecule has 1 saturated heterocycles. The number of carbonyl (C=O) groups is 1. The minimum Gasteiger partial charge on any atom is -0.507 e. The van der Waals surface area contributed by atoms with Crippen LogP contribution in [0.5, 0.6) is 5.75 Å². The van der Waals surface area contributed by atoms with Crippen molar-refractivity contribution in [2.75, 3.05) is 18.0 Å². The van der Waals surface area contributed by atoms with Crippen LogP contribution in [-0.4, -0.2) is 34.1 Å². The molecule has 0 bridgehead atoms. The normalized spacial score (nSPS) is 19.3. The third-order valence-electron chi connectivity index (χ3n) is 6.60. The number of anilines is 1. The number of nitrogens with two attached hydrogens (primary N) is 1. The number of primary amides is 1. The van der Waals surface area contributed by atoms with Crippen LogP contribution < -0.4 is 10.6 Å². The van der Waals surface area contributed by atoms with E-state index in [2.05, 4.69) is 14.9 Å². The van der Waals surface area contributed by atoms with E-state index in [0.717, 1.165) is 36.8 Å². The Labute approximate surface area is 185 Å². The number of amides is 1. The molecule has 1 amide bonds. The van der Waals surface area contributed by atoms with Gasteiger partial charge >= 0.3 is 0 Å². The van der Waals surface area contributed by atoms with Crippen molar-refractivity contribution >= 4 is 35.0 Å². The summed E-state index contributed by atoms with van der Waals surface area (Å²) in [6.07, 6.45) is 2.55. The number of nitrogens with zero attached hydrogens (tertiary/aromatic N) is 3. The molecule has 1 aliphatic carbocycles. The summed E-state index contributed by atoms with van der Waals surface area (Å²) >= 11 is 0. The maximum Gasteiger partial charge on any atom is 0.223 e. The first-order valence-corrected chi connectivity index (χ1v) is 10.2. The predicted octanol–water partition coefficient (Wildman–Crippen LogP) is 3.96. The Bertz CT molecular complexity index is 1160. The van der Waals surface area contributed by atoms with Gasteiger partial charge < -0.3 is 15.7 Å². The van der Waals surface area contributed by atoms with Gasteiger partial charge in [0, 0.05) is 18.5 Å². The lowest BCUT2D eigenvalue weighted by Crippen LogP contribution is -2.33. The molecule has 1 atom stereocenters. The van der Waals surface area contributed by atoms with Gasteiger partial charge in [-0.2, -0.15) is 0 Å². The monoisotopic (exact) mass is 442 g/mol. The SMILES string of the molecule is Cc1ccc2c(N3CC[C@H](C4(C(N)=O)CC4)C3)nc(-c3c(O)cccc3F)nc2c1.Cl. The number of halogens is 2. The fraction of sp³-hybridized carbons (Fsp3) is 0.348. The Balaban J connectivity index is 0.00000231. The van der Waals surface area contributed by atoms with E-state index >= 15 is 0 Å². The van der Waals surface area contributed by atoms with E-state index in [1.165, 1.54) is 18.2 Å². The number of rotatable bonds is 4. The van der Waals surface area contributed by atoms with Crippen LogP contribution in [-0.2, 0) is 4.79 Å². The lowest BCUT2D eigenvalue weighted by atomic mass is 9.88. The number of benzene rings is 2. The van der Waals surface area contributed by atoms with Crippen LogP contribution in [0.3, 0.4) is 0 Å². The topological polar surface area (TPSA) is 92.3 Å². The molecule has 31 heavy (non-hydrogen) atoms. The molecule has 5 rings (SSSR count). The largest absolute Gasteiger partial charge is 0.507 e. The average Bonchev–Trinajstić information content (AvgIpc) is 3.38. The third-order valence-corrected chi connectivity index (χ3v) is 6.60. The summed E-state index contributed by atoms with van der Waals surface area (Å²) in [4.78, 5) is 23.4. The fourth-order valence-electron chi connectivity index (χ4n) is 4.70. The molecule has 3 aromatic rings. The summed E-state index contributed by atoms with van der Waals surface area (Å²) in [7, 11) is 0. The molecule has 1 aromatic heterocycles. The molecule has 0 unspecified atom stereocenters. The number of phenols is 1. The van der Waals surface area contributed by atoms with Crippen LogP contribution in [0.25, 0.3) is 22.3 Å². The van der Waals surface area contributed by atoms with Gasteiger partial charge in [-0.15, -0.1) is 12.4 Å². The summed E-state index contributed by atoms with van der Waals surface area (Å²) in [5.74, 6) is 0.0553. The van der Waals surface area contributed by atoms with Gasteiger partial charge in [0.1, 0.15) is 17.4 Å². The summed E-state index contributed by atoms with van der Waals surface area (Å²) in [6.45, 7) is 3.38. The van der Waals surface area contributed by atoms with Crippen LogP contribution in [0.2, 0.25) is 0 Å². The number of hydrogen-bond acceptors (Lipinski definition) is 5. The lowest BCUT2D eigenvalue weighted by Gasteiger charge is -2.23. The van der Waals surface area contributed by atoms with Crippen molar-refractivity contribution in [3.05, 3.63) is 47.8 Å². The second-order valence-electron chi connectivity index (χ2n) is 8.48. The first-order valence-electron chi connectivity index (χ1n) is 10.2. The number of aromatic nitrogens is 2. The molecule has 1 aliphatic heterocycles. The molecule has 2 aromatic carbocycles. The van der Waals surface area contributed by atoms with E-state index in [0.29, 0.717) is 17.9 Å². The third kappa shape index (κ3) is 3.47. The maximum atomic E-state index is 14.5. The zero-order chi connectivity index (χ0) is 21.0. The molecule has 2 aliphatic rings. The van der Waals surface area contributed by atoms with Crippen molar-refractivity contribution in [3.8, 4) is 17.1 Å². The highest BCUT2D eigenvalue weighted by atomic mass is 35.5. The van der Waals surface area contributed by atoms with Crippen LogP contribution in [0, 0.1) is 24.1 Å². The van der Waals surface area contributed by atoms with Gasteiger partial charge in [0.25, 0.3) is 0 Å².